The zero-order valence-corrected chi connectivity index (χ0v) is 10.2. The molecule has 0 amide bonds. The summed E-state index contributed by atoms with van der Waals surface area (Å²) < 4.78 is 79.7. The lowest BCUT2D eigenvalue weighted by atomic mass is 10.4. The highest BCUT2D eigenvalue weighted by molar-refractivity contribution is 8.13. The largest absolute Gasteiger partial charge is 0.501 e. The summed E-state index contributed by atoms with van der Waals surface area (Å²) in [6.07, 6.45) is 0. The number of benzene rings is 1. The lowest BCUT2D eigenvalue weighted by Crippen LogP contribution is -2.23. The molecule has 0 saturated heterocycles. The third-order valence-electron chi connectivity index (χ3n) is 1.72. The van der Waals surface area contributed by atoms with Crippen LogP contribution in [0.25, 0.3) is 0 Å². The molecule has 0 unspecified atom stereocenters. The summed E-state index contributed by atoms with van der Waals surface area (Å²) in [5.74, 6) is 0. The van der Waals surface area contributed by atoms with Gasteiger partial charge in [0.25, 0.3) is 18.9 Å². The molecule has 1 aromatic rings. The highest BCUT2D eigenvalue weighted by Crippen LogP contribution is 2.30. The molecule has 10 heteroatoms. The maximum atomic E-state index is 12.1. The van der Waals surface area contributed by atoms with Crippen LogP contribution in [0.2, 0.25) is 0 Å². The summed E-state index contributed by atoms with van der Waals surface area (Å²) in [5.41, 5.74) is -5.44. The van der Waals surface area contributed by atoms with E-state index in [0.717, 1.165) is 0 Å². The van der Waals surface area contributed by atoms with E-state index in [1.165, 1.54) is 0 Å². The van der Waals surface area contributed by atoms with Gasteiger partial charge in [-0.2, -0.15) is 13.2 Å². The van der Waals surface area contributed by atoms with Crippen molar-refractivity contribution >= 4 is 29.6 Å². The molecular formula is C7H4ClF3O4S2. The van der Waals surface area contributed by atoms with Crippen molar-refractivity contribution in [1.82, 2.24) is 0 Å². The van der Waals surface area contributed by atoms with Crippen LogP contribution in [0.1, 0.15) is 0 Å². The Morgan fingerprint density at radius 3 is 1.53 bits per heavy atom. The Bertz CT molecular complexity index is 616. The van der Waals surface area contributed by atoms with Crippen LogP contribution >= 0.6 is 10.7 Å². The first kappa shape index (κ1) is 14.3. The van der Waals surface area contributed by atoms with Gasteiger partial charge in [-0.1, -0.05) is 0 Å². The Kier molecular flexibility index (Phi) is 3.48. The lowest BCUT2D eigenvalue weighted by molar-refractivity contribution is -0.0436. The van der Waals surface area contributed by atoms with Crippen LogP contribution in [-0.4, -0.2) is 22.3 Å². The van der Waals surface area contributed by atoms with Crippen LogP contribution in [-0.2, 0) is 18.9 Å². The number of hydrogen-bond donors (Lipinski definition) is 0. The molecule has 0 N–H and O–H groups in total. The smallest absolute Gasteiger partial charge is 0.214 e. The van der Waals surface area contributed by atoms with Crippen LogP contribution in [0.3, 0.4) is 0 Å². The SMILES string of the molecule is O=S(=O)(Cl)c1ccc(S(=O)(=O)C(F)(F)F)cc1. The van der Waals surface area contributed by atoms with Crippen LogP contribution in [0.5, 0.6) is 0 Å². The van der Waals surface area contributed by atoms with Crippen molar-refractivity contribution in [2.24, 2.45) is 0 Å². The number of sulfone groups is 1. The highest BCUT2D eigenvalue weighted by atomic mass is 35.7. The minimum absolute atomic E-state index is 0.486. The van der Waals surface area contributed by atoms with Crippen molar-refractivity contribution in [2.75, 3.05) is 0 Å². The lowest BCUT2D eigenvalue weighted by Gasteiger charge is -2.07. The van der Waals surface area contributed by atoms with Gasteiger partial charge in [-0.3, -0.25) is 0 Å². The minimum atomic E-state index is -5.48. The summed E-state index contributed by atoms with van der Waals surface area (Å²) in [5, 5.41) is 0. The Balaban J connectivity index is 3.31. The van der Waals surface area contributed by atoms with E-state index >= 15 is 0 Å². The molecule has 4 nitrogen and oxygen atoms in total. The van der Waals surface area contributed by atoms with Crippen LogP contribution < -0.4 is 0 Å². The van der Waals surface area contributed by atoms with E-state index in [9.17, 15) is 30.0 Å². The fourth-order valence-corrected chi connectivity index (χ4v) is 2.45. The summed E-state index contributed by atoms with van der Waals surface area (Å²) in [7, 11) is -4.67. The third-order valence-corrected chi connectivity index (χ3v) is 4.59. The van der Waals surface area contributed by atoms with Gasteiger partial charge in [0.15, 0.2) is 0 Å². The van der Waals surface area contributed by atoms with Crippen molar-refractivity contribution in [3.63, 3.8) is 0 Å². The second-order valence-electron chi connectivity index (χ2n) is 2.86. The maximum Gasteiger partial charge on any atom is 0.501 e. The van der Waals surface area contributed by atoms with E-state index in [4.69, 9.17) is 10.7 Å². The van der Waals surface area contributed by atoms with Crippen molar-refractivity contribution in [2.45, 2.75) is 15.3 Å². The van der Waals surface area contributed by atoms with E-state index in [1.54, 1.807) is 0 Å². The molecule has 1 aromatic carbocycles. The highest BCUT2D eigenvalue weighted by Gasteiger charge is 2.46. The Morgan fingerprint density at radius 1 is 0.882 bits per heavy atom. The molecule has 0 aliphatic rings. The fourth-order valence-electron chi connectivity index (χ4n) is 0.915. The topological polar surface area (TPSA) is 68.3 Å². The van der Waals surface area contributed by atoms with Crippen molar-refractivity contribution in [3.8, 4) is 0 Å². The van der Waals surface area contributed by atoms with Gasteiger partial charge in [0.2, 0.25) is 0 Å². The zero-order valence-electron chi connectivity index (χ0n) is 7.77. The average Bonchev–Trinajstić information content (AvgIpc) is 2.15. The third kappa shape index (κ3) is 2.90. The molecule has 0 bridgehead atoms. The van der Waals surface area contributed by atoms with Gasteiger partial charge in [0.05, 0.1) is 9.79 Å². The molecule has 0 aliphatic heterocycles. The van der Waals surface area contributed by atoms with Crippen molar-refractivity contribution < 1.29 is 30.0 Å². The minimum Gasteiger partial charge on any atom is -0.214 e. The molecule has 0 aliphatic carbocycles. The molecule has 0 saturated carbocycles. The van der Waals surface area contributed by atoms with Gasteiger partial charge in [-0.25, -0.2) is 16.8 Å². The standard InChI is InChI=1S/C7H4ClF3O4S2/c8-17(14,15)6-3-1-5(2-4-6)16(12,13)7(9,10)11/h1-4H. The zero-order chi connectivity index (χ0) is 13.5. The Labute approximate surface area is 99.4 Å². The number of hydrogen-bond acceptors (Lipinski definition) is 4. The monoisotopic (exact) mass is 308 g/mol. The van der Waals surface area contributed by atoms with Crippen LogP contribution in [0.15, 0.2) is 34.1 Å². The van der Waals surface area contributed by atoms with Gasteiger partial charge >= 0.3 is 5.51 Å². The molecule has 0 spiro atoms. The average molecular weight is 309 g/mol. The molecule has 1 rings (SSSR count). The van der Waals surface area contributed by atoms with Crippen LogP contribution in [0.4, 0.5) is 13.2 Å². The molecule has 0 radical (unpaired) electrons. The molecule has 0 heterocycles. The van der Waals surface area contributed by atoms with E-state index in [0.29, 0.717) is 24.3 Å². The molecular weight excluding hydrogens is 305 g/mol. The predicted octanol–water partition coefficient (Wildman–Crippen LogP) is 1.91. The summed E-state index contributed by atoms with van der Waals surface area (Å²) in [6.45, 7) is 0. The van der Waals surface area contributed by atoms with Gasteiger partial charge < -0.3 is 0 Å². The van der Waals surface area contributed by atoms with Gasteiger partial charge in [-0.05, 0) is 24.3 Å². The summed E-state index contributed by atoms with van der Waals surface area (Å²) >= 11 is 0. The molecule has 0 atom stereocenters. The fraction of sp³-hybridized carbons (Fsp3) is 0.143. The summed E-state index contributed by atoms with van der Waals surface area (Å²) in [4.78, 5) is -1.53. The van der Waals surface area contributed by atoms with E-state index in [1.807, 2.05) is 0 Å². The normalized spacial score (nSPS) is 13.6. The Morgan fingerprint density at radius 2 is 1.24 bits per heavy atom. The number of alkyl halides is 3. The van der Waals surface area contributed by atoms with Crippen LogP contribution in [0, 0.1) is 0 Å². The van der Waals surface area contributed by atoms with E-state index in [-0.39, 0.29) is 0 Å². The number of halogens is 4. The molecule has 0 fully saturated rings. The Hall–Kier alpha value is -0.800. The first-order valence-electron chi connectivity index (χ1n) is 3.82. The second-order valence-corrected chi connectivity index (χ2v) is 7.37. The number of rotatable bonds is 2. The molecule has 17 heavy (non-hydrogen) atoms. The quantitative estimate of drug-likeness (QED) is 0.783. The molecule has 96 valence electrons. The maximum absolute atomic E-state index is 12.1. The van der Waals surface area contributed by atoms with Gasteiger partial charge in [0.1, 0.15) is 0 Å². The van der Waals surface area contributed by atoms with E-state index in [2.05, 4.69) is 0 Å². The van der Waals surface area contributed by atoms with Gasteiger partial charge in [-0.15, -0.1) is 0 Å². The van der Waals surface area contributed by atoms with E-state index < -0.39 is 34.2 Å². The molecule has 0 aromatic heterocycles. The van der Waals surface area contributed by atoms with Gasteiger partial charge in [0, 0.05) is 10.7 Å². The first-order valence-corrected chi connectivity index (χ1v) is 7.61. The summed E-state index contributed by atoms with van der Waals surface area (Å²) in [6, 6.07) is 2.41. The predicted molar refractivity (Wildman–Crippen MR) is 52.7 cm³/mol. The van der Waals surface area contributed by atoms with Crippen molar-refractivity contribution in [1.29, 1.82) is 0 Å². The van der Waals surface area contributed by atoms with Crippen molar-refractivity contribution in [3.05, 3.63) is 24.3 Å². The second kappa shape index (κ2) is 4.14. The first-order chi connectivity index (χ1) is 7.46.